The van der Waals surface area contributed by atoms with Crippen molar-refractivity contribution in [1.29, 1.82) is 5.26 Å². The average Bonchev–Trinajstić information content (AvgIpc) is 3.31. The number of hydrogen-bond acceptors (Lipinski definition) is 7. The van der Waals surface area contributed by atoms with Gasteiger partial charge in [0.15, 0.2) is 0 Å². The molecule has 0 aromatic heterocycles. The van der Waals surface area contributed by atoms with Gasteiger partial charge >= 0.3 is 12.1 Å². The highest BCUT2D eigenvalue weighted by Gasteiger charge is 2.71. The molecule has 3 aliphatic heterocycles. The Morgan fingerprint density at radius 1 is 1.02 bits per heavy atom. The quantitative estimate of drug-likeness (QED) is 0.236. The normalized spacial score (nSPS) is 27.2. The number of carbonyl (C=O) groups excluding carboxylic acids is 3. The van der Waals surface area contributed by atoms with Crippen LogP contribution in [0.15, 0.2) is 48.5 Å². The van der Waals surface area contributed by atoms with E-state index in [1.54, 1.807) is 13.8 Å². The number of anilines is 1. The molecule has 42 heavy (non-hydrogen) atoms. The zero-order valence-corrected chi connectivity index (χ0v) is 23.4. The van der Waals surface area contributed by atoms with Gasteiger partial charge < -0.3 is 9.47 Å². The summed E-state index contributed by atoms with van der Waals surface area (Å²) in [5, 5.41) is 9.11. The number of morpholine rings is 1. The van der Waals surface area contributed by atoms with Gasteiger partial charge in [-0.05, 0) is 57.0 Å². The zero-order valence-electron chi connectivity index (χ0n) is 23.4. The van der Waals surface area contributed by atoms with E-state index in [2.05, 4.69) is 4.90 Å². The molecule has 3 aliphatic rings. The van der Waals surface area contributed by atoms with Crippen molar-refractivity contribution in [2.45, 2.75) is 63.5 Å². The molecule has 2 bridgehead atoms. The first-order chi connectivity index (χ1) is 19.9. The number of halogens is 3. The molecule has 2 amide bonds. The van der Waals surface area contributed by atoms with E-state index in [1.165, 1.54) is 12.1 Å². The van der Waals surface area contributed by atoms with Crippen molar-refractivity contribution in [3.63, 3.8) is 0 Å². The minimum atomic E-state index is -4.82. The van der Waals surface area contributed by atoms with Crippen LogP contribution in [0.1, 0.15) is 56.2 Å². The molecule has 11 heteroatoms. The van der Waals surface area contributed by atoms with E-state index in [0.29, 0.717) is 38.5 Å². The molecule has 222 valence electrons. The number of carbonyl (C=O) groups is 3. The number of alkyl halides is 3. The van der Waals surface area contributed by atoms with E-state index < -0.39 is 52.2 Å². The van der Waals surface area contributed by atoms with Crippen molar-refractivity contribution >= 4 is 23.5 Å². The van der Waals surface area contributed by atoms with E-state index in [1.807, 2.05) is 30.3 Å². The lowest BCUT2D eigenvalue weighted by molar-refractivity contribution is -0.169. The van der Waals surface area contributed by atoms with Gasteiger partial charge in [-0.15, -0.1) is 0 Å². The van der Waals surface area contributed by atoms with Crippen LogP contribution in [-0.2, 0) is 36.6 Å². The van der Waals surface area contributed by atoms with Crippen LogP contribution >= 0.6 is 0 Å². The van der Waals surface area contributed by atoms with Crippen LogP contribution in [-0.4, -0.2) is 53.5 Å². The summed E-state index contributed by atoms with van der Waals surface area (Å²) in [6.07, 6.45) is -2.23. The zero-order chi connectivity index (χ0) is 30.3. The molecular weight excluding hydrogens is 551 g/mol. The lowest BCUT2D eigenvalue weighted by Crippen LogP contribution is -2.58. The molecule has 2 aromatic rings. The molecule has 0 radical (unpaired) electrons. The number of rotatable bonds is 9. The summed E-state index contributed by atoms with van der Waals surface area (Å²) >= 11 is 0. The van der Waals surface area contributed by atoms with Crippen molar-refractivity contribution in [1.82, 2.24) is 4.90 Å². The van der Waals surface area contributed by atoms with Crippen molar-refractivity contribution in [3.05, 3.63) is 65.2 Å². The van der Waals surface area contributed by atoms with Crippen molar-refractivity contribution in [2.24, 2.45) is 11.8 Å². The number of fused-ring (bicyclic) bond motifs is 5. The third-order valence-electron chi connectivity index (χ3n) is 8.45. The summed E-state index contributed by atoms with van der Waals surface area (Å²) in [5.74, 6) is -3.12. The number of amides is 2. The van der Waals surface area contributed by atoms with Gasteiger partial charge in [0.2, 0.25) is 11.8 Å². The largest absolute Gasteiger partial charge is 0.461 e. The molecular formula is C31H32F3N3O5. The first kappa shape index (κ1) is 29.7. The lowest BCUT2D eigenvalue weighted by atomic mass is 9.79. The Balaban J connectivity index is 1.19. The molecule has 0 N–H and O–H groups in total. The number of likely N-dealkylation sites (tertiary alicyclic amines) is 1. The fraction of sp³-hybridized carbons (Fsp3) is 0.484. The SMILES string of the molecule is CC12CN(CCCCCC(=O)OCc3ccccc3)CC(C)(O1)[C@@H]1C(=O)N(c3ccc(C#N)c(C(F)(F)F)c3)C(=O)C12. The Bertz CT molecular complexity index is 1390. The Labute approximate surface area is 242 Å². The third-order valence-corrected chi connectivity index (χ3v) is 8.45. The van der Waals surface area contributed by atoms with Crippen LogP contribution < -0.4 is 4.90 Å². The molecule has 8 nitrogen and oxygen atoms in total. The summed E-state index contributed by atoms with van der Waals surface area (Å²) < 4.78 is 52.4. The monoisotopic (exact) mass is 583 g/mol. The molecule has 3 unspecified atom stereocenters. The second-order valence-corrected chi connectivity index (χ2v) is 11.7. The molecule has 3 saturated heterocycles. The number of unbranched alkanes of at least 4 members (excludes halogenated alkanes) is 2. The van der Waals surface area contributed by atoms with Gasteiger partial charge in [0.05, 0.1) is 45.9 Å². The maximum atomic E-state index is 13.6. The standard InChI is InChI=1S/C31H32F3N3O5/c1-29-18-36(14-8-4-7-11-24(38)41-17-20-9-5-3-6-10-20)19-30(2,42-29)26-25(29)27(39)37(28(26)40)22-13-12-21(16-35)23(15-22)31(32,33)34/h3,5-6,9-10,12-13,15,25-26H,4,7-8,11,14,17-19H2,1-2H3/t25-,26?,29?,30?/m0/s1. The second-order valence-electron chi connectivity index (χ2n) is 11.7. The van der Waals surface area contributed by atoms with Crippen LogP contribution in [0.4, 0.5) is 18.9 Å². The summed E-state index contributed by atoms with van der Waals surface area (Å²) in [6.45, 7) is 5.26. The van der Waals surface area contributed by atoms with Crippen molar-refractivity contribution in [3.8, 4) is 6.07 Å². The fourth-order valence-electron chi connectivity index (χ4n) is 6.77. The Hall–Kier alpha value is -3.75. The Morgan fingerprint density at radius 3 is 2.26 bits per heavy atom. The second kappa shape index (κ2) is 11.2. The minimum absolute atomic E-state index is 0.199. The van der Waals surface area contributed by atoms with Gasteiger partial charge in [-0.2, -0.15) is 18.4 Å². The van der Waals surface area contributed by atoms with Crippen LogP contribution in [0.25, 0.3) is 0 Å². The van der Waals surface area contributed by atoms with Crippen LogP contribution in [0, 0.1) is 23.2 Å². The van der Waals surface area contributed by atoms with Crippen LogP contribution in [0.5, 0.6) is 0 Å². The van der Waals surface area contributed by atoms with Crippen LogP contribution in [0.2, 0.25) is 0 Å². The molecule has 0 aliphatic carbocycles. The van der Waals surface area contributed by atoms with Gasteiger partial charge in [0.1, 0.15) is 6.61 Å². The van der Waals surface area contributed by atoms with E-state index in [-0.39, 0.29) is 18.3 Å². The highest BCUT2D eigenvalue weighted by Crippen LogP contribution is 2.55. The molecule has 3 heterocycles. The molecule has 4 atom stereocenters. The average molecular weight is 584 g/mol. The number of imide groups is 1. The van der Waals surface area contributed by atoms with Crippen molar-refractivity contribution in [2.75, 3.05) is 24.5 Å². The Morgan fingerprint density at radius 2 is 1.67 bits per heavy atom. The number of ether oxygens (including phenoxy) is 2. The molecule has 3 fully saturated rings. The number of hydrogen-bond donors (Lipinski definition) is 0. The van der Waals surface area contributed by atoms with Crippen molar-refractivity contribution < 1.29 is 37.0 Å². The number of benzene rings is 2. The predicted octanol–water partition coefficient (Wildman–Crippen LogP) is 4.85. The maximum absolute atomic E-state index is 13.6. The summed E-state index contributed by atoms with van der Waals surface area (Å²) in [4.78, 5) is 42.3. The summed E-state index contributed by atoms with van der Waals surface area (Å²) in [5.41, 5.74) is -3.04. The molecule has 0 spiro atoms. The minimum Gasteiger partial charge on any atom is -0.461 e. The first-order valence-corrected chi connectivity index (χ1v) is 14.0. The smallest absolute Gasteiger partial charge is 0.417 e. The van der Waals surface area contributed by atoms with Gasteiger partial charge in [-0.25, -0.2) is 4.90 Å². The number of nitriles is 1. The van der Waals surface area contributed by atoms with Gasteiger partial charge in [-0.1, -0.05) is 36.8 Å². The van der Waals surface area contributed by atoms with Crippen LogP contribution in [0.3, 0.4) is 0 Å². The van der Waals surface area contributed by atoms with E-state index in [0.717, 1.165) is 29.4 Å². The Kier molecular flexibility index (Phi) is 7.89. The first-order valence-electron chi connectivity index (χ1n) is 14.0. The summed E-state index contributed by atoms with van der Waals surface area (Å²) in [6, 6.07) is 13.9. The molecule has 0 saturated carbocycles. The highest BCUT2D eigenvalue weighted by atomic mass is 19.4. The van der Waals surface area contributed by atoms with E-state index in [9.17, 15) is 27.6 Å². The third kappa shape index (κ3) is 5.53. The number of nitrogens with zero attached hydrogens (tertiary/aromatic N) is 3. The fourth-order valence-corrected chi connectivity index (χ4v) is 6.77. The van der Waals surface area contributed by atoms with E-state index in [4.69, 9.17) is 14.7 Å². The highest BCUT2D eigenvalue weighted by molar-refractivity contribution is 6.23. The summed E-state index contributed by atoms with van der Waals surface area (Å²) in [7, 11) is 0. The topological polar surface area (TPSA) is 99.9 Å². The predicted molar refractivity (Wildman–Crippen MR) is 145 cm³/mol. The molecule has 5 rings (SSSR count). The molecule has 2 aromatic carbocycles. The number of esters is 1. The van der Waals surface area contributed by atoms with Gasteiger partial charge in [0.25, 0.3) is 0 Å². The maximum Gasteiger partial charge on any atom is 0.417 e. The van der Waals surface area contributed by atoms with Gasteiger partial charge in [0, 0.05) is 19.5 Å². The van der Waals surface area contributed by atoms with Gasteiger partial charge in [-0.3, -0.25) is 19.3 Å². The lowest BCUT2D eigenvalue weighted by Gasteiger charge is -2.45. The van der Waals surface area contributed by atoms with E-state index >= 15 is 0 Å².